The molecular formula is C22H21FN4O3. The number of carboxylic acids is 1. The Morgan fingerprint density at radius 2 is 1.97 bits per heavy atom. The second-order valence-electron chi connectivity index (χ2n) is 7.46. The van der Waals surface area contributed by atoms with Gasteiger partial charge in [-0.1, -0.05) is 24.6 Å². The molecule has 1 aliphatic carbocycles. The Hall–Kier alpha value is -3.55. The highest BCUT2D eigenvalue weighted by Gasteiger charge is 2.27. The summed E-state index contributed by atoms with van der Waals surface area (Å²) >= 11 is 0. The summed E-state index contributed by atoms with van der Waals surface area (Å²) in [5, 5.41) is 12.4. The molecule has 0 unspecified atom stereocenters. The predicted molar refractivity (Wildman–Crippen MR) is 110 cm³/mol. The van der Waals surface area contributed by atoms with Crippen LogP contribution in [0.15, 0.2) is 53.6 Å². The molecule has 3 aromatic rings. The number of rotatable bonds is 5. The molecule has 4 rings (SSSR count). The molecule has 154 valence electrons. The number of pyridine rings is 1. The number of carboxylic acid groups (broad SMARTS) is 1. The molecule has 0 aliphatic heterocycles. The summed E-state index contributed by atoms with van der Waals surface area (Å²) in [5.41, 5.74) is 1.97. The highest BCUT2D eigenvalue weighted by Crippen LogP contribution is 2.29. The van der Waals surface area contributed by atoms with Crippen molar-refractivity contribution in [3.63, 3.8) is 0 Å². The predicted octanol–water partition coefficient (Wildman–Crippen LogP) is 3.69. The normalized spacial score (nSPS) is 18.7. The number of H-pyrrole nitrogens is 1. The molecule has 3 N–H and O–H groups in total. The minimum Gasteiger partial charge on any atom is -0.481 e. The van der Waals surface area contributed by atoms with Gasteiger partial charge in [-0.2, -0.15) is 0 Å². The van der Waals surface area contributed by atoms with E-state index in [1.165, 1.54) is 6.07 Å². The van der Waals surface area contributed by atoms with Crippen LogP contribution in [0.5, 0.6) is 0 Å². The lowest BCUT2D eigenvalue weighted by Gasteiger charge is -2.27. The van der Waals surface area contributed by atoms with Crippen molar-refractivity contribution >= 4 is 11.9 Å². The van der Waals surface area contributed by atoms with Crippen molar-refractivity contribution in [2.24, 2.45) is 5.92 Å². The maximum atomic E-state index is 14.5. The monoisotopic (exact) mass is 408 g/mol. The first kappa shape index (κ1) is 19.8. The van der Waals surface area contributed by atoms with Crippen molar-refractivity contribution in [3.05, 3.63) is 65.0 Å². The zero-order chi connectivity index (χ0) is 21.1. The zero-order valence-corrected chi connectivity index (χ0v) is 16.1. The van der Waals surface area contributed by atoms with Crippen LogP contribution >= 0.6 is 0 Å². The topological polar surface area (TPSA) is 108 Å². The standard InChI is InChI=1S/C22H21FN4O3/c23-18-12-25-22(26-17-6-2-5-16(10-17)21(29)30)27-20(18)15-4-1-3-13(9-15)14-7-8-24-19(28)11-14/h1,3-4,7-9,11-12,16-17H,2,5-6,10H2,(H,24,28)(H,29,30)(H,25,26,27)/t16-,17+/m0/s1. The number of halogens is 1. The van der Waals surface area contributed by atoms with E-state index in [0.29, 0.717) is 18.4 Å². The molecule has 8 heteroatoms. The van der Waals surface area contributed by atoms with Gasteiger partial charge in [-0.05, 0) is 42.5 Å². The average molecular weight is 408 g/mol. The van der Waals surface area contributed by atoms with Gasteiger partial charge in [-0.3, -0.25) is 9.59 Å². The molecule has 0 saturated heterocycles. The smallest absolute Gasteiger partial charge is 0.306 e. The van der Waals surface area contributed by atoms with Crippen molar-refractivity contribution < 1.29 is 14.3 Å². The van der Waals surface area contributed by atoms with E-state index in [0.717, 1.165) is 30.2 Å². The first-order valence-corrected chi connectivity index (χ1v) is 9.81. The Labute approximate surface area is 172 Å². The van der Waals surface area contributed by atoms with Gasteiger partial charge in [-0.25, -0.2) is 14.4 Å². The number of hydrogen-bond donors (Lipinski definition) is 3. The summed E-state index contributed by atoms with van der Waals surface area (Å²) in [4.78, 5) is 33.8. The first-order chi connectivity index (χ1) is 14.5. The zero-order valence-electron chi connectivity index (χ0n) is 16.1. The lowest BCUT2D eigenvalue weighted by atomic mass is 9.86. The van der Waals surface area contributed by atoms with E-state index in [9.17, 15) is 19.1 Å². The largest absolute Gasteiger partial charge is 0.481 e. The van der Waals surface area contributed by atoms with Crippen LogP contribution in [0.2, 0.25) is 0 Å². The number of aliphatic carboxylic acids is 1. The maximum Gasteiger partial charge on any atom is 0.306 e. The summed E-state index contributed by atoms with van der Waals surface area (Å²) in [7, 11) is 0. The molecule has 1 aliphatic rings. The van der Waals surface area contributed by atoms with Crippen LogP contribution < -0.4 is 10.9 Å². The van der Waals surface area contributed by atoms with Crippen LogP contribution in [0, 0.1) is 11.7 Å². The molecule has 0 radical (unpaired) electrons. The molecule has 30 heavy (non-hydrogen) atoms. The number of aromatic amines is 1. The second kappa shape index (κ2) is 8.44. The Balaban J connectivity index is 1.60. The lowest BCUT2D eigenvalue weighted by Crippen LogP contribution is -2.31. The highest BCUT2D eigenvalue weighted by atomic mass is 19.1. The van der Waals surface area contributed by atoms with Gasteiger partial charge in [0.2, 0.25) is 11.5 Å². The van der Waals surface area contributed by atoms with Crippen molar-refractivity contribution in [2.75, 3.05) is 5.32 Å². The number of hydrogen-bond acceptors (Lipinski definition) is 5. The molecular weight excluding hydrogens is 387 g/mol. The Kier molecular flexibility index (Phi) is 5.56. The number of carbonyl (C=O) groups is 1. The van der Waals surface area contributed by atoms with Crippen molar-refractivity contribution in [3.8, 4) is 22.4 Å². The van der Waals surface area contributed by atoms with Crippen LogP contribution in [0.3, 0.4) is 0 Å². The summed E-state index contributed by atoms with van der Waals surface area (Å²) in [5.74, 6) is -1.47. The fourth-order valence-corrected chi connectivity index (χ4v) is 3.84. The molecule has 1 saturated carbocycles. The summed E-state index contributed by atoms with van der Waals surface area (Å²) in [6.45, 7) is 0. The van der Waals surface area contributed by atoms with Crippen LogP contribution in [0.1, 0.15) is 25.7 Å². The van der Waals surface area contributed by atoms with Gasteiger partial charge in [0.25, 0.3) is 0 Å². The van der Waals surface area contributed by atoms with Crippen molar-refractivity contribution in [1.29, 1.82) is 0 Å². The fraction of sp³-hybridized carbons (Fsp3) is 0.273. The number of aromatic nitrogens is 3. The molecule has 2 atom stereocenters. The van der Waals surface area contributed by atoms with Gasteiger partial charge in [0.1, 0.15) is 5.69 Å². The van der Waals surface area contributed by atoms with Crippen molar-refractivity contribution in [1.82, 2.24) is 15.0 Å². The third-order valence-electron chi connectivity index (χ3n) is 5.35. The molecule has 2 aromatic heterocycles. The molecule has 0 spiro atoms. The van der Waals surface area contributed by atoms with Gasteiger partial charge in [0.15, 0.2) is 5.82 Å². The van der Waals surface area contributed by atoms with Crippen LogP contribution in [0.25, 0.3) is 22.4 Å². The number of nitrogens with one attached hydrogen (secondary N) is 2. The molecule has 1 fully saturated rings. The quantitative estimate of drug-likeness (QED) is 0.594. The third kappa shape index (κ3) is 4.37. The van der Waals surface area contributed by atoms with E-state index in [1.807, 2.05) is 6.07 Å². The van der Waals surface area contributed by atoms with Crippen LogP contribution in [-0.2, 0) is 4.79 Å². The Morgan fingerprint density at radius 3 is 2.77 bits per heavy atom. The molecule has 7 nitrogen and oxygen atoms in total. The third-order valence-corrected chi connectivity index (χ3v) is 5.35. The van der Waals surface area contributed by atoms with E-state index < -0.39 is 11.8 Å². The molecule has 1 aromatic carbocycles. The van der Waals surface area contributed by atoms with E-state index >= 15 is 0 Å². The maximum absolute atomic E-state index is 14.5. The Morgan fingerprint density at radius 1 is 1.17 bits per heavy atom. The highest BCUT2D eigenvalue weighted by molar-refractivity contribution is 5.72. The SMILES string of the molecule is O=C(O)[C@H]1CCC[C@@H](Nc2ncc(F)c(-c3cccc(-c4cc[nH]c(=O)c4)c3)n2)C1. The number of benzene rings is 1. The Bertz CT molecular complexity index is 1130. The van der Waals surface area contributed by atoms with E-state index in [4.69, 9.17) is 0 Å². The van der Waals surface area contributed by atoms with Gasteiger partial charge < -0.3 is 15.4 Å². The minimum atomic E-state index is -0.793. The first-order valence-electron chi connectivity index (χ1n) is 9.81. The minimum absolute atomic E-state index is 0.0689. The molecule has 0 amide bonds. The summed E-state index contributed by atoms with van der Waals surface area (Å²) in [6.07, 6.45) is 5.45. The van der Waals surface area contributed by atoms with Gasteiger partial charge in [0, 0.05) is 23.9 Å². The average Bonchev–Trinajstić information content (AvgIpc) is 2.75. The number of anilines is 1. The van der Waals surface area contributed by atoms with Gasteiger partial charge in [0.05, 0.1) is 12.1 Å². The van der Waals surface area contributed by atoms with Crippen molar-refractivity contribution in [2.45, 2.75) is 31.7 Å². The molecule has 0 bridgehead atoms. The van der Waals surface area contributed by atoms with Crippen LogP contribution in [-0.4, -0.2) is 32.1 Å². The van der Waals surface area contributed by atoms with E-state index in [2.05, 4.69) is 20.3 Å². The van der Waals surface area contributed by atoms with E-state index in [-0.39, 0.29) is 29.2 Å². The summed E-state index contributed by atoms with van der Waals surface area (Å²) < 4.78 is 14.5. The molecule has 2 heterocycles. The van der Waals surface area contributed by atoms with Crippen LogP contribution in [0.4, 0.5) is 10.3 Å². The lowest BCUT2D eigenvalue weighted by molar-refractivity contribution is -0.142. The van der Waals surface area contributed by atoms with Gasteiger partial charge in [-0.15, -0.1) is 0 Å². The number of nitrogens with zero attached hydrogens (tertiary/aromatic N) is 2. The second-order valence-corrected chi connectivity index (χ2v) is 7.46. The van der Waals surface area contributed by atoms with Gasteiger partial charge >= 0.3 is 5.97 Å². The summed E-state index contributed by atoms with van der Waals surface area (Å²) in [6, 6.07) is 10.3. The van der Waals surface area contributed by atoms with E-state index in [1.54, 1.807) is 30.5 Å². The fourth-order valence-electron chi connectivity index (χ4n) is 3.84.